The molecule has 214 valence electrons. The molecule has 0 aliphatic carbocycles. The van der Waals surface area contributed by atoms with Crippen LogP contribution in [0.25, 0.3) is 6.08 Å². The lowest BCUT2D eigenvalue weighted by Gasteiger charge is -2.25. The van der Waals surface area contributed by atoms with Gasteiger partial charge in [0.2, 0.25) is 0 Å². The van der Waals surface area contributed by atoms with Gasteiger partial charge in [-0.2, -0.15) is 0 Å². The molecule has 0 saturated carbocycles. The number of thiazole rings is 1. The van der Waals surface area contributed by atoms with Crippen LogP contribution in [0, 0.1) is 0 Å². The highest BCUT2D eigenvalue weighted by molar-refractivity contribution is 7.07. The molecule has 4 aromatic rings. The molecule has 3 aromatic carbocycles. The van der Waals surface area contributed by atoms with Gasteiger partial charge in [-0.1, -0.05) is 66.8 Å². The van der Waals surface area contributed by atoms with Crippen LogP contribution in [0.3, 0.4) is 0 Å². The fraction of sp³-hybridized carbons (Fsp3) is 0.188. The van der Waals surface area contributed by atoms with E-state index in [-0.39, 0.29) is 17.7 Å². The molecule has 1 atom stereocenters. The highest BCUT2D eigenvalue weighted by atomic mass is 32.1. The molecule has 42 heavy (non-hydrogen) atoms. The van der Waals surface area contributed by atoms with E-state index in [0.717, 1.165) is 16.7 Å². The third-order valence-electron chi connectivity index (χ3n) is 6.85. The summed E-state index contributed by atoms with van der Waals surface area (Å²) < 4.78 is 18.6. The van der Waals surface area contributed by atoms with Crippen molar-refractivity contribution in [2.24, 2.45) is 4.99 Å². The Labute approximate surface area is 245 Å². The molecular weight excluding hydrogens is 556 g/mol. The zero-order chi connectivity index (χ0) is 29.8. The van der Waals surface area contributed by atoms with Crippen molar-refractivity contribution in [2.75, 3.05) is 14.2 Å². The zero-order valence-corrected chi connectivity index (χ0v) is 24.0. The second-order valence-electron chi connectivity index (χ2n) is 9.40. The first-order valence-corrected chi connectivity index (χ1v) is 14.0. The number of benzene rings is 3. The summed E-state index contributed by atoms with van der Waals surface area (Å²) in [5, 5.41) is 9.08. The highest BCUT2D eigenvalue weighted by Crippen LogP contribution is 2.32. The lowest BCUT2D eigenvalue weighted by molar-refractivity contribution is -0.136. The Bertz CT molecular complexity index is 1860. The molecule has 0 spiro atoms. The molecule has 10 heteroatoms. The van der Waals surface area contributed by atoms with Crippen molar-refractivity contribution >= 4 is 29.4 Å². The maximum atomic E-state index is 13.8. The minimum atomic E-state index is -0.988. The number of aromatic nitrogens is 1. The van der Waals surface area contributed by atoms with Gasteiger partial charge < -0.3 is 19.3 Å². The summed E-state index contributed by atoms with van der Waals surface area (Å²) in [5.41, 5.74) is 3.18. The van der Waals surface area contributed by atoms with Crippen LogP contribution in [0.15, 0.2) is 93.9 Å². The second-order valence-corrected chi connectivity index (χ2v) is 10.4. The Morgan fingerprint density at radius 3 is 2.40 bits per heavy atom. The van der Waals surface area contributed by atoms with E-state index >= 15 is 0 Å². The molecule has 2 heterocycles. The number of aromatic carboxylic acids is 1. The molecule has 1 aliphatic rings. The molecule has 9 nitrogen and oxygen atoms in total. The topological polar surface area (TPSA) is 116 Å². The van der Waals surface area contributed by atoms with E-state index in [1.54, 1.807) is 34.9 Å². The molecule has 5 rings (SSSR count). The van der Waals surface area contributed by atoms with E-state index in [2.05, 4.69) is 0 Å². The molecule has 1 aliphatic heterocycles. The van der Waals surface area contributed by atoms with Crippen molar-refractivity contribution in [3.63, 3.8) is 0 Å². The first-order chi connectivity index (χ1) is 20.3. The van der Waals surface area contributed by atoms with E-state index < -0.39 is 18.0 Å². The number of carbonyl (C=O) groups excluding carboxylic acids is 1. The number of carboxylic acid groups (broad SMARTS) is 1. The average molecular weight is 585 g/mol. The molecule has 0 bridgehead atoms. The highest BCUT2D eigenvalue weighted by Gasteiger charge is 2.33. The zero-order valence-electron chi connectivity index (χ0n) is 23.2. The van der Waals surface area contributed by atoms with Gasteiger partial charge in [0.25, 0.3) is 5.56 Å². The van der Waals surface area contributed by atoms with Crippen molar-refractivity contribution in [1.29, 1.82) is 0 Å². The quantitative estimate of drug-likeness (QED) is 0.295. The summed E-state index contributed by atoms with van der Waals surface area (Å²) in [6.07, 6.45) is 2.26. The maximum Gasteiger partial charge on any atom is 0.338 e. The van der Waals surface area contributed by atoms with Gasteiger partial charge in [0.15, 0.2) is 16.3 Å². The fourth-order valence-electron chi connectivity index (χ4n) is 4.76. The summed E-state index contributed by atoms with van der Waals surface area (Å²) >= 11 is 1.25. The summed E-state index contributed by atoms with van der Waals surface area (Å²) in [6, 6.07) is 20.5. The van der Waals surface area contributed by atoms with Crippen LogP contribution in [0.1, 0.15) is 46.4 Å². The molecule has 1 N–H and O–H groups in total. The standard InChI is InChI=1S/C32H28N2O7S/c1-4-23-27(31(38)40-3)28(21-8-6-5-7-9-21)34-29(35)26(42-32(34)33-23)17-20-12-15-24(25(16-20)39-2)41-18-19-10-13-22(14-11-19)30(36)37/h5-17,28H,4,18H2,1-3H3,(H,36,37)/b26-17-/t28-/m0/s1. The monoisotopic (exact) mass is 584 g/mol. The number of fused-ring (bicyclic) bond motifs is 1. The van der Waals surface area contributed by atoms with Gasteiger partial charge in [-0.25, -0.2) is 14.6 Å². The predicted octanol–water partition coefficient (Wildman–Crippen LogP) is 4.08. The minimum absolute atomic E-state index is 0.202. The maximum absolute atomic E-state index is 13.8. The van der Waals surface area contributed by atoms with Crippen molar-refractivity contribution in [3.05, 3.63) is 126 Å². The van der Waals surface area contributed by atoms with Crippen molar-refractivity contribution < 1.29 is 28.9 Å². The van der Waals surface area contributed by atoms with Crippen LogP contribution in [0.5, 0.6) is 11.5 Å². The number of methoxy groups -OCH3 is 2. The van der Waals surface area contributed by atoms with Gasteiger partial charge in [0.05, 0.1) is 41.6 Å². The van der Waals surface area contributed by atoms with Crippen LogP contribution in [0.2, 0.25) is 0 Å². The van der Waals surface area contributed by atoms with E-state index in [9.17, 15) is 14.4 Å². The number of carbonyl (C=O) groups is 2. The number of allylic oxidation sites excluding steroid dienone is 1. The van der Waals surface area contributed by atoms with E-state index in [1.165, 1.54) is 37.7 Å². The van der Waals surface area contributed by atoms with Crippen molar-refractivity contribution in [2.45, 2.75) is 26.0 Å². The number of nitrogens with zero attached hydrogens (tertiary/aromatic N) is 2. The normalized spacial score (nSPS) is 14.6. The summed E-state index contributed by atoms with van der Waals surface area (Å²) in [5.74, 6) is -0.533. The van der Waals surface area contributed by atoms with Gasteiger partial charge >= 0.3 is 11.9 Å². The van der Waals surface area contributed by atoms with Gasteiger partial charge in [0, 0.05) is 0 Å². The second kappa shape index (κ2) is 12.3. The van der Waals surface area contributed by atoms with Crippen LogP contribution < -0.4 is 24.4 Å². The first-order valence-electron chi connectivity index (χ1n) is 13.2. The molecule has 0 unspecified atom stereocenters. The third-order valence-corrected chi connectivity index (χ3v) is 7.83. The van der Waals surface area contributed by atoms with Gasteiger partial charge in [-0.15, -0.1) is 0 Å². The number of hydrogen-bond donors (Lipinski definition) is 1. The summed E-state index contributed by atoms with van der Waals surface area (Å²) in [7, 11) is 2.85. The largest absolute Gasteiger partial charge is 0.493 e. The van der Waals surface area contributed by atoms with Gasteiger partial charge in [-0.05, 0) is 53.5 Å². The van der Waals surface area contributed by atoms with E-state index in [1.807, 2.05) is 43.3 Å². The van der Waals surface area contributed by atoms with Crippen LogP contribution >= 0.6 is 11.3 Å². The summed E-state index contributed by atoms with van der Waals surface area (Å²) in [4.78, 5) is 43.0. The SMILES string of the molecule is CCC1=C(C(=O)OC)[C@H](c2ccccc2)n2c(s/c(=C\c3ccc(OCc4ccc(C(=O)O)cc4)c(OC)c3)c2=O)=N1. The molecule has 0 saturated heterocycles. The smallest absolute Gasteiger partial charge is 0.338 e. The minimum Gasteiger partial charge on any atom is -0.493 e. The molecular formula is C32H28N2O7S. The number of ether oxygens (including phenoxy) is 3. The first kappa shape index (κ1) is 28.6. The van der Waals surface area contributed by atoms with Crippen LogP contribution in [-0.2, 0) is 16.1 Å². The van der Waals surface area contributed by atoms with Crippen molar-refractivity contribution in [1.82, 2.24) is 4.57 Å². The Hall–Kier alpha value is -4.96. The van der Waals surface area contributed by atoms with Gasteiger partial charge in [-0.3, -0.25) is 9.36 Å². The number of hydrogen-bond acceptors (Lipinski definition) is 8. The number of esters is 1. The Balaban J connectivity index is 1.51. The van der Waals surface area contributed by atoms with E-state index in [0.29, 0.717) is 38.5 Å². The third kappa shape index (κ3) is 5.61. The van der Waals surface area contributed by atoms with Crippen LogP contribution in [-0.4, -0.2) is 35.8 Å². The average Bonchev–Trinajstić information content (AvgIpc) is 3.33. The Morgan fingerprint density at radius 1 is 1.02 bits per heavy atom. The van der Waals surface area contributed by atoms with E-state index in [4.69, 9.17) is 24.3 Å². The molecule has 0 amide bonds. The summed E-state index contributed by atoms with van der Waals surface area (Å²) in [6.45, 7) is 2.13. The Morgan fingerprint density at radius 2 is 1.76 bits per heavy atom. The molecule has 1 aromatic heterocycles. The molecule has 0 radical (unpaired) electrons. The number of carboxylic acids is 1. The van der Waals surface area contributed by atoms with Crippen molar-refractivity contribution in [3.8, 4) is 11.5 Å². The molecule has 0 fully saturated rings. The number of rotatable bonds is 9. The predicted molar refractivity (Wildman–Crippen MR) is 158 cm³/mol. The lowest BCUT2D eigenvalue weighted by atomic mass is 9.95. The Kier molecular flexibility index (Phi) is 8.35. The fourth-order valence-corrected chi connectivity index (χ4v) is 5.78. The lowest BCUT2D eigenvalue weighted by Crippen LogP contribution is -2.40. The van der Waals surface area contributed by atoms with Crippen LogP contribution in [0.4, 0.5) is 0 Å². The van der Waals surface area contributed by atoms with Gasteiger partial charge in [0.1, 0.15) is 6.61 Å².